The van der Waals surface area contributed by atoms with Crippen LogP contribution < -0.4 is 5.32 Å². The maximum absolute atomic E-state index is 11.9. The van der Waals surface area contributed by atoms with Crippen LogP contribution in [0.25, 0.3) is 0 Å². The summed E-state index contributed by atoms with van der Waals surface area (Å²) in [6.45, 7) is 0.869. The van der Waals surface area contributed by atoms with Crippen LogP contribution in [0.4, 0.5) is 4.79 Å². The molecule has 1 fully saturated rings. The van der Waals surface area contributed by atoms with Gasteiger partial charge in [0.1, 0.15) is 6.04 Å². The van der Waals surface area contributed by atoms with Crippen molar-refractivity contribution in [2.24, 2.45) is 0 Å². The number of carbonyl (C=O) groups excluding carboxylic acids is 1. The Labute approximate surface area is 116 Å². The highest BCUT2D eigenvalue weighted by Crippen LogP contribution is 2.07. The largest absolute Gasteiger partial charge is 0.480 e. The maximum Gasteiger partial charge on any atom is 0.326 e. The number of amides is 2. The molecule has 2 unspecified atom stereocenters. The molecular weight excluding hydrogens is 272 g/mol. The second kappa shape index (κ2) is 8.23. The van der Waals surface area contributed by atoms with Crippen LogP contribution in [-0.2, 0) is 9.53 Å². The topological polar surface area (TPSA) is 99.1 Å². The van der Waals surface area contributed by atoms with Crippen molar-refractivity contribution in [2.45, 2.75) is 18.6 Å². The van der Waals surface area contributed by atoms with E-state index in [0.29, 0.717) is 25.3 Å². The lowest BCUT2D eigenvalue weighted by atomic mass is 10.2. The number of urea groups is 1. The van der Waals surface area contributed by atoms with E-state index in [4.69, 9.17) is 14.9 Å². The van der Waals surface area contributed by atoms with Gasteiger partial charge in [-0.1, -0.05) is 0 Å². The van der Waals surface area contributed by atoms with Gasteiger partial charge in [-0.3, -0.25) is 0 Å². The van der Waals surface area contributed by atoms with Crippen molar-refractivity contribution < 1.29 is 24.5 Å². The third-order valence-electron chi connectivity index (χ3n) is 2.84. The van der Waals surface area contributed by atoms with Gasteiger partial charge in [0.2, 0.25) is 0 Å². The van der Waals surface area contributed by atoms with Crippen LogP contribution in [0.5, 0.6) is 0 Å². The molecule has 110 valence electrons. The first-order chi connectivity index (χ1) is 9.08. The lowest BCUT2D eigenvalue weighted by molar-refractivity contribution is -0.139. The molecule has 0 bridgehead atoms. The quantitative estimate of drug-likeness (QED) is 0.616. The first-order valence-electron chi connectivity index (χ1n) is 6.08. The molecule has 0 aromatic heterocycles. The van der Waals surface area contributed by atoms with Crippen LogP contribution in [0.1, 0.15) is 6.42 Å². The Hall–Kier alpha value is -0.990. The number of aliphatic carboxylic acids is 1. The van der Waals surface area contributed by atoms with Gasteiger partial charge in [-0.05, 0) is 18.4 Å². The number of nitrogens with zero attached hydrogens (tertiary/aromatic N) is 1. The van der Waals surface area contributed by atoms with E-state index in [-0.39, 0.29) is 13.2 Å². The minimum atomic E-state index is -1.03. The zero-order valence-corrected chi connectivity index (χ0v) is 11.7. The number of hydrogen-bond acceptors (Lipinski definition) is 5. The third-order valence-corrected chi connectivity index (χ3v) is 3.48. The summed E-state index contributed by atoms with van der Waals surface area (Å²) in [5, 5.41) is 20.5. The number of nitrogens with one attached hydrogen (secondary N) is 1. The first-order valence-corrected chi connectivity index (χ1v) is 7.47. The molecule has 1 saturated heterocycles. The molecule has 1 aliphatic rings. The van der Waals surface area contributed by atoms with E-state index in [0.717, 1.165) is 0 Å². The minimum Gasteiger partial charge on any atom is -0.480 e. The molecule has 0 spiro atoms. The molecule has 3 N–H and O–H groups in total. The zero-order valence-electron chi connectivity index (χ0n) is 10.9. The van der Waals surface area contributed by atoms with Gasteiger partial charge in [0.05, 0.1) is 25.9 Å². The number of carboxylic acids is 1. The SMILES string of the molecule is CSCCC(NC(=O)N1CCOC(CO)C1)C(=O)O. The van der Waals surface area contributed by atoms with Crippen LogP contribution >= 0.6 is 11.8 Å². The Morgan fingerprint density at radius 2 is 2.32 bits per heavy atom. The molecule has 7 nitrogen and oxygen atoms in total. The monoisotopic (exact) mass is 292 g/mol. The summed E-state index contributed by atoms with van der Waals surface area (Å²) in [4.78, 5) is 24.5. The van der Waals surface area contributed by atoms with E-state index in [2.05, 4.69) is 5.32 Å². The van der Waals surface area contributed by atoms with Crippen molar-refractivity contribution >= 4 is 23.8 Å². The summed E-state index contributed by atoms with van der Waals surface area (Å²) in [5.74, 6) is -0.367. The van der Waals surface area contributed by atoms with Crippen molar-refractivity contribution in [2.75, 3.05) is 38.3 Å². The number of hydrogen-bond donors (Lipinski definition) is 3. The van der Waals surface area contributed by atoms with Gasteiger partial charge in [0.25, 0.3) is 0 Å². The van der Waals surface area contributed by atoms with Crippen LogP contribution in [0, 0.1) is 0 Å². The van der Waals surface area contributed by atoms with Gasteiger partial charge in [0.15, 0.2) is 0 Å². The number of ether oxygens (including phenoxy) is 1. The molecule has 0 aromatic rings. The van der Waals surface area contributed by atoms with Crippen LogP contribution in [-0.4, -0.2) is 77.6 Å². The summed E-state index contributed by atoms with van der Waals surface area (Å²) in [6, 6.07) is -1.30. The molecule has 19 heavy (non-hydrogen) atoms. The fraction of sp³-hybridized carbons (Fsp3) is 0.818. The number of rotatable bonds is 6. The summed E-state index contributed by atoms with van der Waals surface area (Å²) < 4.78 is 5.23. The molecule has 8 heteroatoms. The highest BCUT2D eigenvalue weighted by Gasteiger charge is 2.27. The zero-order chi connectivity index (χ0) is 14.3. The summed E-state index contributed by atoms with van der Waals surface area (Å²) in [7, 11) is 0. The molecule has 1 rings (SSSR count). The Morgan fingerprint density at radius 3 is 2.89 bits per heavy atom. The van der Waals surface area contributed by atoms with Gasteiger partial charge >= 0.3 is 12.0 Å². The molecule has 0 aromatic carbocycles. The lowest BCUT2D eigenvalue weighted by Gasteiger charge is -2.32. The Kier molecular flexibility index (Phi) is 6.96. The molecule has 1 heterocycles. The first kappa shape index (κ1) is 16.1. The number of aliphatic hydroxyl groups is 1. The fourth-order valence-electron chi connectivity index (χ4n) is 1.75. The lowest BCUT2D eigenvalue weighted by Crippen LogP contribution is -2.54. The standard InChI is InChI=1S/C11H20N2O5S/c1-19-5-2-9(10(15)16)12-11(17)13-3-4-18-8(6-13)7-14/h8-9,14H,2-7H2,1H3,(H,12,17)(H,15,16). The predicted octanol–water partition coefficient (Wildman–Crippen LogP) is -0.405. The Balaban J connectivity index is 2.48. The fourth-order valence-corrected chi connectivity index (χ4v) is 2.22. The summed E-state index contributed by atoms with van der Waals surface area (Å²) in [5.41, 5.74) is 0. The van der Waals surface area contributed by atoms with Gasteiger partial charge < -0.3 is 25.2 Å². The molecule has 2 amide bonds. The second-order valence-electron chi connectivity index (χ2n) is 4.24. The highest BCUT2D eigenvalue weighted by molar-refractivity contribution is 7.98. The Bertz CT molecular complexity index is 315. The normalized spacial score (nSPS) is 20.9. The van der Waals surface area contributed by atoms with E-state index >= 15 is 0 Å². The van der Waals surface area contributed by atoms with Crippen molar-refractivity contribution in [1.29, 1.82) is 0 Å². The number of carboxylic acid groups (broad SMARTS) is 1. The Morgan fingerprint density at radius 1 is 1.58 bits per heavy atom. The molecule has 0 aliphatic carbocycles. The molecule has 0 saturated carbocycles. The predicted molar refractivity (Wildman–Crippen MR) is 71.4 cm³/mol. The van der Waals surface area contributed by atoms with Crippen LogP contribution in [0.2, 0.25) is 0 Å². The molecular formula is C11H20N2O5S. The van der Waals surface area contributed by atoms with Gasteiger partial charge in [0, 0.05) is 6.54 Å². The van der Waals surface area contributed by atoms with Gasteiger partial charge in [-0.15, -0.1) is 0 Å². The molecule has 0 radical (unpaired) electrons. The van der Waals surface area contributed by atoms with E-state index < -0.39 is 24.1 Å². The van der Waals surface area contributed by atoms with E-state index in [1.165, 1.54) is 16.7 Å². The molecule has 2 atom stereocenters. The van der Waals surface area contributed by atoms with Crippen molar-refractivity contribution in [3.05, 3.63) is 0 Å². The third kappa shape index (κ3) is 5.25. The maximum atomic E-state index is 11.9. The number of morpholine rings is 1. The smallest absolute Gasteiger partial charge is 0.326 e. The van der Waals surface area contributed by atoms with Gasteiger partial charge in [-0.2, -0.15) is 11.8 Å². The minimum absolute atomic E-state index is 0.154. The summed E-state index contributed by atoms with van der Waals surface area (Å²) in [6.07, 6.45) is 1.87. The number of thioether (sulfide) groups is 1. The van der Waals surface area contributed by atoms with Crippen LogP contribution in [0.15, 0.2) is 0 Å². The van der Waals surface area contributed by atoms with Crippen molar-refractivity contribution in [1.82, 2.24) is 10.2 Å². The van der Waals surface area contributed by atoms with Crippen LogP contribution in [0.3, 0.4) is 0 Å². The summed E-state index contributed by atoms with van der Waals surface area (Å²) >= 11 is 1.53. The number of aliphatic hydroxyl groups excluding tert-OH is 1. The van der Waals surface area contributed by atoms with E-state index in [1.54, 1.807) is 0 Å². The van der Waals surface area contributed by atoms with Crippen molar-refractivity contribution in [3.8, 4) is 0 Å². The van der Waals surface area contributed by atoms with Gasteiger partial charge in [-0.25, -0.2) is 9.59 Å². The average Bonchev–Trinajstić information content (AvgIpc) is 2.42. The van der Waals surface area contributed by atoms with E-state index in [1.807, 2.05) is 6.26 Å². The van der Waals surface area contributed by atoms with Crippen molar-refractivity contribution in [3.63, 3.8) is 0 Å². The highest BCUT2D eigenvalue weighted by atomic mass is 32.2. The average molecular weight is 292 g/mol. The second-order valence-corrected chi connectivity index (χ2v) is 5.23. The molecule has 1 aliphatic heterocycles. The number of carbonyl (C=O) groups is 2. The van der Waals surface area contributed by atoms with E-state index in [9.17, 15) is 9.59 Å².